The number of aryl methyl sites for hydroxylation is 1. The Bertz CT molecular complexity index is 586. The molecule has 9 heteroatoms. The molecule has 1 fully saturated rings. The van der Waals surface area contributed by atoms with Crippen LogP contribution in [-0.4, -0.2) is 46.1 Å². The lowest BCUT2D eigenvalue weighted by Gasteiger charge is -2.35. The molecule has 1 aromatic heterocycles. The molecule has 2 rings (SSSR count). The molecule has 0 saturated carbocycles. The number of hydrogen-bond donors (Lipinski definition) is 2. The molecule has 0 bridgehead atoms. The molecule has 134 valence electrons. The lowest BCUT2D eigenvalue weighted by molar-refractivity contribution is -0.137. The minimum Gasteiger partial charge on any atom is -0.481 e. The van der Waals surface area contributed by atoms with Crippen LogP contribution in [-0.2, 0) is 26.2 Å². The number of ether oxygens (including phenoxy) is 2. The molecule has 0 radical (unpaired) electrons. The largest absolute Gasteiger partial charge is 0.481 e. The minimum atomic E-state index is -0.947. The molecule has 0 aliphatic carbocycles. The van der Waals surface area contributed by atoms with Gasteiger partial charge < -0.3 is 24.4 Å². The molecule has 0 aromatic carbocycles. The molecule has 1 amide bonds. The molecule has 1 aliphatic rings. The van der Waals surface area contributed by atoms with E-state index in [9.17, 15) is 9.59 Å². The van der Waals surface area contributed by atoms with Crippen molar-refractivity contribution in [2.75, 3.05) is 13.2 Å². The fourth-order valence-electron chi connectivity index (χ4n) is 2.39. The minimum absolute atomic E-state index is 0.107. The highest BCUT2D eigenvalue weighted by Crippen LogP contribution is 2.29. The average molecular weight is 341 g/mol. The SMILES string of the molecule is CC(C)(C)OC(=O)NC1(c2noc(CCC(=O)O)n2)CCCOC1. The molecule has 9 nitrogen and oxygen atoms in total. The van der Waals surface area contributed by atoms with Gasteiger partial charge in [-0.15, -0.1) is 0 Å². The van der Waals surface area contributed by atoms with Crippen molar-refractivity contribution in [3.05, 3.63) is 11.7 Å². The van der Waals surface area contributed by atoms with Gasteiger partial charge in [0.05, 0.1) is 13.0 Å². The van der Waals surface area contributed by atoms with E-state index in [1.807, 2.05) is 0 Å². The van der Waals surface area contributed by atoms with Gasteiger partial charge >= 0.3 is 12.1 Å². The van der Waals surface area contributed by atoms with Crippen molar-refractivity contribution in [3.63, 3.8) is 0 Å². The predicted octanol–water partition coefficient (Wildman–Crippen LogP) is 1.62. The Kier molecular flexibility index (Phi) is 5.43. The van der Waals surface area contributed by atoms with Gasteiger partial charge in [0.15, 0.2) is 5.82 Å². The summed E-state index contributed by atoms with van der Waals surface area (Å²) in [5.41, 5.74) is -1.57. The number of nitrogens with one attached hydrogen (secondary N) is 1. The zero-order valence-electron chi connectivity index (χ0n) is 14.1. The smallest absolute Gasteiger partial charge is 0.408 e. The van der Waals surface area contributed by atoms with Gasteiger partial charge in [-0.2, -0.15) is 4.98 Å². The number of hydrogen-bond acceptors (Lipinski definition) is 7. The van der Waals surface area contributed by atoms with E-state index in [2.05, 4.69) is 15.5 Å². The van der Waals surface area contributed by atoms with Crippen LogP contribution >= 0.6 is 0 Å². The molecule has 2 heterocycles. The van der Waals surface area contributed by atoms with Gasteiger partial charge in [0.1, 0.15) is 11.1 Å². The van der Waals surface area contributed by atoms with Gasteiger partial charge in [-0.1, -0.05) is 5.16 Å². The summed E-state index contributed by atoms with van der Waals surface area (Å²) in [4.78, 5) is 27.0. The van der Waals surface area contributed by atoms with E-state index < -0.39 is 23.2 Å². The number of carboxylic acid groups (broad SMARTS) is 1. The summed E-state index contributed by atoms with van der Waals surface area (Å²) < 4.78 is 15.9. The number of nitrogens with zero attached hydrogens (tertiary/aromatic N) is 2. The predicted molar refractivity (Wildman–Crippen MR) is 81.4 cm³/mol. The van der Waals surface area contributed by atoms with Crippen molar-refractivity contribution in [2.45, 2.75) is 57.6 Å². The normalized spacial score (nSPS) is 21.3. The molecule has 1 saturated heterocycles. The zero-order valence-corrected chi connectivity index (χ0v) is 14.1. The Labute approximate surface area is 139 Å². The number of rotatable bonds is 5. The first-order valence-electron chi connectivity index (χ1n) is 7.84. The molecular formula is C15H23N3O6. The lowest BCUT2D eigenvalue weighted by Crippen LogP contribution is -2.53. The third-order valence-electron chi connectivity index (χ3n) is 3.43. The number of amides is 1. The van der Waals surface area contributed by atoms with Crippen molar-refractivity contribution in [1.82, 2.24) is 15.5 Å². The number of carbonyl (C=O) groups excluding carboxylic acids is 1. The summed E-state index contributed by atoms with van der Waals surface area (Å²) in [7, 11) is 0. The Morgan fingerprint density at radius 2 is 2.17 bits per heavy atom. The second-order valence-corrected chi connectivity index (χ2v) is 6.77. The Hall–Kier alpha value is -2.16. The maximum atomic E-state index is 12.2. The van der Waals surface area contributed by atoms with Gasteiger partial charge in [-0.25, -0.2) is 4.79 Å². The molecule has 2 N–H and O–H groups in total. The summed E-state index contributed by atoms with van der Waals surface area (Å²) in [5.74, 6) is -0.464. The van der Waals surface area contributed by atoms with Crippen LogP contribution in [0.3, 0.4) is 0 Å². The highest BCUT2D eigenvalue weighted by Gasteiger charge is 2.42. The van der Waals surface area contributed by atoms with E-state index in [1.54, 1.807) is 20.8 Å². The second-order valence-electron chi connectivity index (χ2n) is 6.77. The van der Waals surface area contributed by atoms with Crippen LogP contribution in [0.1, 0.15) is 51.7 Å². The Balaban J connectivity index is 2.15. The van der Waals surface area contributed by atoms with Gasteiger partial charge in [0.25, 0.3) is 0 Å². The fraction of sp³-hybridized carbons (Fsp3) is 0.733. The van der Waals surface area contributed by atoms with E-state index >= 15 is 0 Å². The van der Waals surface area contributed by atoms with Crippen LogP contribution < -0.4 is 5.32 Å². The quantitative estimate of drug-likeness (QED) is 0.828. The van der Waals surface area contributed by atoms with Crippen LogP contribution in [0.5, 0.6) is 0 Å². The molecule has 1 atom stereocenters. The number of carboxylic acids is 1. The summed E-state index contributed by atoms with van der Waals surface area (Å²) in [5, 5.41) is 15.4. The van der Waals surface area contributed by atoms with Crippen LogP contribution in [0.15, 0.2) is 4.52 Å². The second kappa shape index (κ2) is 7.16. The van der Waals surface area contributed by atoms with Crippen molar-refractivity contribution >= 4 is 12.1 Å². The van der Waals surface area contributed by atoms with Crippen molar-refractivity contribution in [3.8, 4) is 0 Å². The van der Waals surface area contributed by atoms with E-state index in [-0.39, 0.29) is 31.2 Å². The molecule has 1 unspecified atom stereocenters. The first kappa shape index (κ1) is 18.2. The molecule has 1 aromatic rings. The Morgan fingerprint density at radius 1 is 1.42 bits per heavy atom. The highest BCUT2D eigenvalue weighted by atomic mass is 16.6. The summed E-state index contributed by atoms with van der Waals surface area (Å²) >= 11 is 0. The van der Waals surface area contributed by atoms with E-state index in [0.29, 0.717) is 13.0 Å². The van der Waals surface area contributed by atoms with Crippen molar-refractivity contribution < 1.29 is 28.7 Å². The fourth-order valence-corrected chi connectivity index (χ4v) is 2.39. The van der Waals surface area contributed by atoms with Gasteiger partial charge in [-0.3, -0.25) is 4.79 Å². The van der Waals surface area contributed by atoms with Crippen molar-refractivity contribution in [1.29, 1.82) is 0 Å². The first-order valence-corrected chi connectivity index (χ1v) is 7.84. The summed E-state index contributed by atoms with van der Waals surface area (Å²) in [6.07, 6.45) is 0.722. The number of aromatic nitrogens is 2. The lowest BCUT2D eigenvalue weighted by atomic mass is 9.91. The van der Waals surface area contributed by atoms with E-state index in [0.717, 1.165) is 6.42 Å². The zero-order chi connectivity index (χ0) is 17.8. The van der Waals surface area contributed by atoms with Crippen LogP contribution in [0.2, 0.25) is 0 Å². The van der Waals surface area contributed by atoms with Gasteiger partial charge in [0, 0.05) is 13.0 Å². The van der Waals surface area contributed by atoms with E-state index in [1.165, 1.54) is 0 Å². The van der Waals surface area contributed by atoms with Crippen LogP contribution in [0.25, 0.3) is 0 Å². The molecular weight excluding hydrogens is 318 g/mol. The van der Waals surface area contributed by atoms with Crippen molar-refractivity contribution in [2.24, 2.45) is 0 Å². The highest BCUT2D eigenvalue weighted by molar-refractivity contribution is 5.69. The molecule has 1 aliphatic heterocycles. The van der Waals surface area contributed by atoms with Gasteiger partial charge in [-0.05, 0) is 33.6 Å². The molecule has 24 heavy (non-hydrogen) atoms. The van der Waals surface area contributed by atoms with Crippen LogP contribution in [0, 0.1) is 0 Å². The Morgan fingerprint density at radius 3 is 2.75 bits per heavy atom. The standard InChI is InChI=1S/C15H23N3O6/c1-14(2,3)23-13(21)17-15(7-4-8-22-9-15)12-16-10(24-18-12)5-6-11(19)20/h4-9H2,1-3H3,(H,17,21)(H,19,20). The first-order chi connectivity index (χ1) is 11.2. The maximum absolute atomic E-state index is 12.2. The van der Waals surface area contributed by atoms with Gasteiger partial charge in [0.2, 0.25) is 5.89 Å². The summed E-state index contributed by atoms with van der Waals surface area (Å²) in [6, 6.07) is 0. The topological polar surface area (TPSA) is 124 Å². The average Bonchev–Trinajstić information content (AvgIpc) is 2.93. The third kappa shape index (κ3) is 4.92. The number of aliphatic carboxylic acids is 1. The number of alkyl carbamates (subject to hydrolysis) is 1. The third-order valence-corrected chi connectivity index (χ3v) is 3.43. The van der Waals surface area contributed by atoms with E-state index in [4.69, 9.17) is 19.1 Å². The number of carbonyl (C=O) groups is 2. The summed E-state index contributed by atoms with van der Waals surface area (Å²) in [6.45, 7) is 6.10. The molecule has 0 spiro atoms. The monoisotopic (exact) mass is 341 g/mol. The van der Waals surface area contributed by atoms with Crippen LogP contribution in [0.4, 0.5) is 4.79 Å². The maximum Gasteiger partial charge on any atom is 0.408 e.